The summed E-state index contributed by atoms with van der Waals surface area (Å²) in [5.41, 5.74) is -0.915. The van der Waals surface area contributed by atoms with Crippen LogP contribution >= 0.6 is 0 Å². The second kappa shape index (κ2) is 1.94. The van der Waals surface area contributed by atoms with Crippen molar-refractivity contribution >= 4 is 0 Å². The van der Waals surface area contributed by atoms with Gasteiger partial charge in [-0.25, -0.2) is 4.39 Å². The molecule has 0 bridgehead atoms. The smallest absolute Gasteiger partial charge is 0.106 e. The summed E-state index contributed by atoms with van der Waals surface area (Å²) in [5.74, 6) is 0. The van der Waals surface area contributed by atoms with E-state index in [0.29, 0.717) is 12.8 Å². The molecule has 0 aromatic carbocycles. The second-order valence-corrected chi connectivity index (χ2v) is 4.29. The summed E-state index contributed by atoms with van der Waals surface area (Å²) in [5, 5.41) is 9.68. The van der Waals surface area contributed by atoms with Gasteiger partial charge in [0, 0.05) is 12.8 Å². The van der Waals surface area contributed by atoms with Crippen LogP contribution in [0.4, 0.5) is 4.39 Å². The molecule has 10 heavy (non-hydrogen) atoms. The Kier molecular flexibility index (Phi) is 1.55. The summed E-state index contributed by atoms with van der Waals surface area (Å²) in [7, 11) is 0. The summed E-state index contributed by atoms with van der Waals surface area (Å²) in [4.78, 5) is 0. The zero-order valence-corrected chi connectivity index (χ0v) is 6.82. The van der Waals surface area contributed by atoms with Crippen LogP contribution in [0.3, 0.4) is 0 Å². The number of rotatable bonds is 0. The van der Waals surface area contributed by atoms with Gasteiger partial charge < -0.3 is 5.11 Å². The number of alkyl halides is 1. The molecule has 1 rings (SSSR count). The highest BCUT2D eigenvalue weighted by Gasteiger charge is 2.50. The van der Waals surface area contributed by atoms with Crippen LogP contribution in [0.2, 0.25) is 0 Å². The third-order valence-electron chi connectivity index (χ3n) is 2.51. The topological polar surface area (TPSA) is 20.2 Å². The zero-order chi connectivity index (χ0) is 7.99. The Morgan fingerprint density at radius 2 is 1.80 bits per heavy atom. The van der Waals surface area contributed by atoms with Crippen LogP contribution in [0.1, 0.15) is 33.6 Å². The van der Waals surface area contributed by atoms with Gasteiger partial charge in [-0.2, -0.15) is 0 Å². The van der Waals surface area contributed by atoms with Crippen molar-refractivity contribution in [3.05, 3.63) is 0 Å². The van der Waals surface area contributed by atoms with Gasteiger partial charge in [-0.05, 0) is 5.41 Å². The standard InChI is InChI=1S/C8H15FO/c1-7(2,3)8(10)4-6(9)5-8/h6,10H,4-5H2,1-3H3. The van der Waals surface area contributed by atoms with Crippen LogP contribution in [0, 0.1) is 5.41 Å². The lowest BCUT2D eigenvalue weighted by Gasteiger charge is -2.49. The molecule has 0 heterocycles. The highest BCUT2D eigenvalue weighted by atomic mass is 19.1. The van der Waals surface area contributed by atoms with Crippen molar-refractivity contribution in [2.24, 2.45) is 5.41 Å². The summed E-state index contributed by atoms with van der Waals surface area (Å²) in [6, 6.07) is 0. The van der Waals surface area contributed by atoms with E-state index in [9.17, 15) is 9.50 Å². The second-order valence-electron chi connectivity index (χ2n) is 4.29. The quantitative estimate of drug-likeness (QED) is 0.553. The van der Waals surface area contributed by atoms with E-state index >= 15 is 0 Å². The number of halogens is 1. The lowest BCUT2D eigenvalue weighted by atomic mass is 9.63. The van der Waals surface area contributed by atoms with E-state index in [2.05, 4.69) is 0 Å². The highest BCUT2D eigenvalue weighted by Crippen LogP contribution is 2.46. The van der Waals surface area contributed by atoms with Crippen molar-refractivity contribution in [1.29, 1.82) is 0 Å². The first-order valence-corrected chi connectivity index (χ1v) is 3.72. The molecular formula is C8H15FO. The van der Waals surface area contributed by atoms with Gasteiger partial charge in [-0.1, -0.05) is 20.8 Å². The van der Waals surface area contributed by atoms with Crippen LogP contribution in [-0.4, -0.2) is 16.9 Å². The minimum absolute atomic E-state index is 0.171. The summed E-state index contributed by atoms with van der Waals surface area (Å²) in [6.45, 7) is 5.83. The Labute approximate surface area is 61.2 Å². The van der Waals surface area contributed by atoms with Crippen LogP contribution in [0.15, 0.2) is 0 Å². The first kappa shape index (κ1) is 7.99. The lowest BCUT2D eigenvalue weighted by molar-refractivity contribution is -0.152. The van der Waals surface area contributed by atoms with Gasteiger partial charge in [0.05, 0.1) is 5.60 Å². The van der Waals surface area contributed by atoms with E-state index in [1.807, 2.05) is 20.8 Å². The average Bonchev–Trinajstić information content (AvgIpc) is 1.58. The molecule has 60 valence electrons. The molecule has 1 aliphatic rings. The van der Waals surface area contributed by atoms with E-state index in [-0.39, 0.29) is 5.41 Å². The fraction of sp³-hybridized carbons (Fsp3) is 1.00. The molecule has 0 atom stereocenters. The molecule has 0 spiro atoms. The first-order valence-electron chi connectivity index (χ1n) is 3.72. The van der Waals surface area contributed by atoms with Crippen molar-refractivity contribution in [3.63, 3.8) is 0 Å². The number of hydrogen-bond donors (Lipinski definition) is 1. The molecule has 1 N–H and O–H groups in total. The Morgan fingerprint density at radius 3 is 1.90 bits per heavy atom. The molecular weight excluding hydrogens is 131 g/mol. The van der Waals surface area contributed by atoms with Gasteiger partial charge in [0.1, 0.15) is 6.17 Å². The van der Waals surface area contributed by atoms with Gasteiger partial charge in [0.2, 0.25) is 0 Å². The Balaban J connectivity index is 2.57. The van der Waals surface area contributed by atoms with Gasteiger partial charge in [0.15, 0.2) is 0 Å². The molecule has 0 aliphatic heterocycles. The van der Waals surface area contributed by atoms with Crippen molar-refractivity contribution in [2.45, 2.75) is 45.4 Å². The minimum Gasteiger partial charge on any atom is -0.389 e. The molecule has 1 nitrogen and oxygen atoms in total. The van der Waals surface area contributed by atoms with Gasteiger partial charge in [-0.15, -0.1) is 0 Å². The Morgan fingerprint density at radius 1 is 1.40 bits per heavy atom. The Bertz CT molecular complexity index is 131. The monoisotopic (exact) mass is 146 g/mol. The fourth-order valence-electron chi connectivity index (χ4n) is 1.29. The number of aliphatic hydroxyl groups is 1. The van der Waals surface area contributed by atoms with Crippen LogP contribution in [0.5, 0.6) is 0 Å². The van der Waals surface area contributed by atoms with E-state index < -0.39 is 11.8 Å². The van der Waals surface area contributed by atoms with E-state index in [4.69, 9.17) is 0 Å². The normalized spacial score (nSPS) is 41.1. The maximum Gasteiger partial charge on any atom is 0.106 e. The van der Waals surface area contributed by atoms with Crippen molar-refractivity contribution in [3.8, 4) is 0 Å². The third-order valence-corrected chi connectivity index (χ3v) is 2.51. The van der Waals surface area contributed by atoms with Crippen molar-refractivity contribution < 1.29 is 9.50 Å². The van der Waals surface area contributed by atoms with Crippen molar-refractivity contribution in [1.82, 2.24) is 0 Å². The molecule has 0 unspecified atom stereocenters. The van der Waals surface area contributed by atoms with Crippen LogP contribution < -0.4 is 0 Å². The summed E-state index contributed by atoms with van der Waals surface area (Å²) in [6.07, 6.45) is -0.142. The predicted molar refractivity (Wildman–Crippen MR) is 38.5 cm³/mol. The van der Waals surface area contributed by atoms with E-state index in [0.717, 1.165) is 0 Å². The van der Waals surface area contributed by atoms with Crippen molar-refractivity contribution in [2.75, 3.05) is 0 Å². The molecule has 0 saturated heterocycles. The maximum atomic E-state index is 12.4. The Hall–Kier alpha value is -0.110. The fourth-order valence-corrected chi connectivity index (χ4v) is 1.29. The van der Waals surface area contributed by atoms with Crippen LogP contribution in [0.25, 0.3) is 0 Å². The lowest BCUT2D eigenvalue weighted by Crippen LogP contribution is -2.54. The third kappa shape index (κ3) is 1.05. The van der Waals surface area contributed by atoms with Gasteiger partial charge >= 0.3 is 0 Å². The molecule has 0 radical (unpaired) electrons. The van der Waals surface area contributed by atoms with E-state index in [1.165, 1.54) is 0 Å². The molecule has 0 amide bonds. The SMILES string of the molecule is CC(C)(C)C1(O)CC(F)C1. The molecule has 0 aromatic heterocycles. The largest absolute Gasteiger partial charge is 0.389 e. The average molecular weight is 146 g/mol. The maximum absolute atomic E-state index is 12.4. The zero-order valence-electron chi connectivity index (χ0n) is 6.82. The highest BCUT2D eigenvalue weighted by molar-refractivity contribution is 5.01. The minimum atomic E-state index is -0.774. The van der Waals surface area contributed by atoms with E-state index in [1.54, 1.807) is 0 Å². The first-order chi connectivity index (χ1) is 4.35. The van der Waals surface area contributed by atoms with Gasteiger partial charge in [-0.3, -0.25) is 0 Å². The molecule has 1 saturated carbocycles. The van der Waals surface area contributed by atoms with Crippen LogP contribution in [-0.2, 0) is 0 Å². The molecule has 1 aliphatic carbocycles. The van der Waals surface area contributed by atoms with Gasteiger partial charge in [0.25, 0.3) is 0 Å². The summed E-state index contributed by atoms with van der Waals surface area (Å²) >= 11 is 0. The molecule has 2 heteroatoms. The predicted octanol–water partition coefficient (Wildman–Crippen LogP) is 1.90. The summed E-state index contributed by atoms with van der Waals surface area (Å²) < 4.78 is 12.4. The number of hydrogen-bond acceptors (Lipinski definition) is 1. The molecule has 1 fully saturated rings. The molecule has 0 aromatic rings.